The van der Waals surface area contributed by atoms with Crippen molar-refractivity contribution in [1.29, 1.82) is 5.26 Å². The quantitative estimate of drug-likeness (QED) is 0.907. The minimum Gasteiger partial charge on any atom is -0.492 e. The first-order valence-corrected chi connectivity index (χ1v) is 7.50. The fourth-order valence-electron chi connectivity index (χ4n) is 3.68. The summed E-state index contributed by atoms with van der Waals surface area (Å²) in [6, 6.07) is 10.1. The van der Waals surface area contributed by atoms with E-state index in [0.717, 1.165) is 24.2 Å². The van der Waals surface area contributed by atoms with E-state index in [2.05, 4.69) is 6.07 Å². The molecule has 3 unspecified atom stereocenters. The molecule has 0 radical (unpaired) electrons. The zero-order chi connectivity index (χ0) is 14.9. The Morgan fingerprint density at radius 3 is 3.00 bits per heavy atom. The van der Waals surface area contributed by atoms with Crippen LogP contribution in [0.25, 0.3) is 0 Å². The minimum absolute atomic E-state index is 0.0196. The molecule has 1 N–H and O–H groups in total. The Kier molecular flexibility index (Phi) is 3.64. The van der Waals surface area contributed by atoms with E-state index in [9.17, 15) is 10.4 Å². The van der Waals surface area contributed by atoms with Crippen LogP contribution in [0.1, 0.15) is 31.2 Å². The number of para-hydroxylation sites is 1. The first-order valence-electron chi connectivity index (χ1n) is 7.50. The normalized spacial score (nSPS) is 35.4. The summed E-state index contributed by atoms with van der Waals surface area (Å²) >= 11 is 0. The Labute approximate surface area is 125 Å². The molecule has 0 aromatic heterocycles. The van der Waals surface area contributed by atoms with E-state index in [4.69, 9.17) is 9.47 Å². The summed E-state index contributed by atoms with van der Waals surface area (Å²) in [6.07, 6.45) is 3.50. The number of methoxy groups -OCH3 is 1. The zero-order valence-electron chi connectivity index (χ0n) is 12.3. The standard InChI is InChI=1S/C17H21NO3/c1-20-14-6-4-8-17(19,10-14)16(11-18)9-13-5-2-3-7-15(13)21-12-16/h2-3,5,7,14,19H,4,6,8-10,12H2,1H3. The molecule has 21 heavy (non-hydrogen) atoms. The predicted molar refractivity (Wildman–Crippen MR) is 77.9 cm³/mol. The first-order chi connectivity index (χ1) is 10.1. The van der Waals surface area contributed by atoms with Gasteiger partial charge in [0.2, 0.25) is 0 Å². The second-order valence-corrected chi connectivity index (χ2v) is 6.25. The highest BCUT2D eigenvalue weighted by Crippen LogP contribution is 2.48. The number of ether oxygens (including phenoxy) is 2. The van der Waals surface area contributed by atoms with Crippen LogP contribution in [0.2, 0.25) is 0 Å². The van der Waals surface area contributed by atoms with Crippen molar-refractivity contribution < 1.29 is 14.6 Å². The SMILES string of the molecule is COC1CCCC(O)(C2(C#N)COc3ccccc3C2)C1. The molecular weight excluding hydrogens is 266 g/mol. The van der Waals surface area contributed by atoms with E-state index in [1.54, 1.807) is 7.11 Å². The Hall–Kier alpha value is -1.57. The maximum Gasteiger partial charge on any atom is 0.124 e. The highest BCUT2D eigenvalue weighted by Gasteiger charge is 2.55. The van der Waals surface area contributed by atoms with Crippen LogP contribution >= 0.6 is 0 Å². The van der Waals surface area contributed by atoms with Gasteiger partial charge in [-0.3, -0.25) is 0 Å². The van der Waals surface area contributed by atoms with Gasteiger partial charge in [-0.1, -0.05) is 18.2 Å². The van der Waals surface area contributed by atoms with Crippen LogP contribution in [0.15, 0.2) is 24.3 Å². The molecule has 0 spiro atoms. The second kappa shape index (κ2) is 5.32. The van der Waals surface area contributed by atoms with E-state index < -0.39 is 11.0 Å². The fraction of sp³-hybridized carbons (Fsp3) is 0.588. The lowest BCUT2D eigenvalue weighted by atomic mass is 9.62. The van der Waals surface area contributed by atoms with Gasteiger partial charge in [0.25, 0.3) is 0 Å². The third-order valence-electron chi connectivity index (χ3n) is 5.06. The highest BCUT2D eigenvalue weighted by molar-refractivity contribution is 5.39. The first kappa shape index (κ1) is 14.4. The maximum absolute atomic E-state index is 11.2. The van der Waals surface area contributed by atoms with Crippen molar-refractivity contribution in [2.24, 2.45) is 5.41 Å². The van der Waals surface area contributed by atoms with E-state index in [0.29, 0.717) is 19.3 Å². The lowest BCUT2D eigenvalue weighted by Gasteiger charge is -2.48. The molecular formula is C17H21NO3. The maximum atomic E-state index is 11.2. The van der Waals surface area contributed by atoms with Crippen molar-refractivity contribution in [3.8, 4) is 11.8 Å². The smallest absolute Gasteiger partial charge is 0.124 e. The lowest BCUT2D eigenvalue weighted by molar-refractivity contribution is -0.133. The zero-order valence-corrected chi connectivity index (χ0v) is 12.3. The van der Waals surface area contributed by atoms with Gasteiger partial charge in [0.1, 0.15) is 17.8 Å². The molecule has 4 nitrogen and oxygen atoms in total. The third kappa shape index (κ3) is 2.31. The monoisotopic (exact) mass is 287 g/mol. The number of aliphatic hydroxyl groups is 1. The largest absolute Gasteiger partial charge is 0.492 e. The average Bonchev–Trinajstić information content (AvgIpc) is 2.54. The molecule has 1 fully saturated rings. The van der Waals surface area contributed by atoms with Gasteiger partial charge < -0.3 is 14.6 Å². The van der Waals surface area contributed by atoms with Crippen LogP contribution in [0, 0.1) is 16.7 Å². The molecule has 3 rings (SSSR count). The summed E-state index contributed by atoms with van der Waals surface area (Å²) in [5.74, 6) is 0.825. The number of hydrogen-bond donors (Lipinski definition) is 1. The molecule has 1 saturated carbocycles. The third-order valence-corrected chi connectivity index (χ3v) is 5.06. The van der Waals surface area contributed by atoms with Crippen molar-refractivity contribution in [3.05, 3.63) is 29.8 Å². The van der Waals surface area contributed by atoms with Crippen LogP contribution in [0.3, 0.4) is 0 Å². The molecule has 0 saturated heterocycles. The molecule has 1 aromatic carbocycles. The van der Waals surface area contributed by atoms with Crippen molar-refractivity contribution in [3.63, 3.8) is 0 Å². The number of nitriles is 1. The van der Waals surface area contributed by atoms with Crippen molar-refractivity contribution >= 4 is 0 Å². The summed E-state index contributed by atoms with van der Waals surface area (Å²) in [5.41, 5.74) is -0.939. The number of nitrogens with zero attached hydrogens (tertiary/aromatic N) is 1. The van der Waals surface area contributed by atoms with E-state index >= 15 is 0 Å². The Bertz CT molecular complexity index is 567. The molecule has 3 atom stereocenters. The molecule has 112 valence electrons. The van der Waals surface area contributed by atoms with Crippen LogP contribution < -0.4 is 4.74 Å². The average molecular weight is 287 g/mol. The Morgan fingerprint density at radius 1 is 1.43 bits per heavy atom. The summed E-state index contributed by atoms with van der Waals surface area (Å²) in [4.78, 5) is 0. The summed E-state index contributed by atoms with van der Waals surface area (Å²) in [6.45, 7) is 0.243. The van der Waals surface area contributed by atoms with Crippen LogP contribution in [-0.4, -0.2) is 30.5 Å². The van der Waals surface area contributed by atoms with Crippen molar-refractivity contribution in [1.82, 2.24) is 0 Å². The fourth-order valence-corrected chi connectivity index (χ4v) is 3.68. The molecule has 0 bridgehead atoms. The van der Waals surface area contributed by atoms with Gasteiger partial charge in [0, 0.05) is 20.0 Å². The van der Waals surface area contributed by atoms with Gasteiger partial charge in [-0.25, -0.2) is 0 Å². The lowest BCUT2D eigenvalue weighted by Crippen LogP contribution is -2.56. The number of benzene rings is 1. The summed E-state index contributed by atoms with van der Waals surface area (Å²) in [7, 11) is 1.67. The number of hydrogen-bond acceptors (Lipinski definition) is 4. The van der Waals surface area contributed by atoms with Gasteiger partial charge in [0.15, 0.2) is 0 Å². The van der Waals surface area contributed by atoms with E-state index in [1.807, 2.05) is 24.3 Å². The van der Waals surface area contributed by atoms with E-state index in [1.165, 1.54) is 0 Å². The molecule has 2 aliphatic rings. The molecule has 4 heteroatoms. The molecule has 1 aliphatic heterocycles. The number of rotatable bonds is 2. The Morgan fingerprint density at radius 2 is 2.24 bits per heavy atom. The van der Waals surface area contributed by atoms with Crippen molar-refractivity contribution in [2.75, 3.05) is 13.7 Å². The minimum atomic E-state index is -1.05. The van der Waals surface area contributed by atoms with Gasteiger partial charge >= 0.3 is 0 Å². The molecule has 1 aliphatic carbocycles. The van der Waals surface area contributed by atoms with Gasteiger partial charge in [-0.05, 0) is 30.9 Å². The summed E-state index contributed by atoms with van der Waals surface area (Å²) in [5, 5.41) is 21.0. The van der Waals surface area contributed by atoms with Crippen LogP contribution in [-0.2, 0) is 11.2 Å². The highest BCUT2D eigenvalue weighted by atomic mass is 16.5. The van der Waals surface area contributed by atoms with Gasteiger partial charge in [0.05, 0.1) is 17.8 Å². The Balaban J connectivity index is 1.93. The summed E-state index contributed by atoms with van der Waals surface area (Å²) < 4.78 is 11.2. The predicted octanol–water partition coefficient (Wildman–Crippen LogP) is 2.45. The second-order valence-electron chi connectivity index (χ2n) is 6.25. The van der Waals surface area contributed by atoms with Crippen LogP contribution in [0.5, 0.6) is 5.75 Å². The van der Waals surface area contributed by atoms with Gasteiger partial charge in [-0.15, -0.1) is 0 Å². The molecule has 1 heterocycles. The van der Waals surface area contributed by atoms with Crippen LogP contribution in [0.4, 0.5) is 0 Å². The van der Waals surface area contributed by atoms with Crippen molar-refractivity contribution in [2.45, 2.75) is 43.8 Å². The molecule has 1 aromatic rings. The number of fused-ring (bicyclic) bond motifs is 1. The topological polar surface area (TPSA) is 62.5 Å². The van der Waals surface area contributed by atoms with E-state index in [-0.39, 0.29) is 12.7 Å². The van der Waals surface area contributed by atoms with Gasteiger partial charge in [-0.2, -0.15) is 5.26 Å². The molecule has 0 amide bonds.